The molecule has 0 atom stereocenters. The topological polar surface area (TPSA) is 3.24 Å². The van der Waals surface area contributed by atoms with Crippen molar-refractivity contribution in [2.45, 2.75) is 110 Å². The van der Waals surface area contributed by atoms with Gasteiger partial charge in [-0.2, -0.15) is 0 Å². The monoisotopic (exact) mass is 781 g/mol. The van der Waals surface area contributed by atoms with E-state index in [0.29, 0.717) is 0 Å². The first-order chi connectivity index (χ1) is 28.3. The minimum Gasteiger partial charge on any atom is -0.310 e. The lowest BCUT2D eigenvalue weighted by Gasteiger charge is -2.33. The van der Waals surface area contributed by atoms with Gasteiger partial charge in [0, 0.05) is 33.2 Å². The first-order valence-corrected chi connectivity index (χ1v) is 22.0. The predicted molar refractivity (Wildman–Crippen MR) is 257 cm³/mol. The molecule has 3 aliphatic carbocycles. The van der Waals surface area contributed by atoms with Gasteiger partial charge in [-0.25, -0.2) is 0 Å². The predicted octanol–water partition coefficient (Wildman–Crippen LogP) is 16.3. The van der Waals surface area contributed by atoms with Gasteiger partial charge in [0.1, 0.15) is 0 Å². The molecule has 10 rings (SSSR count). The maximum Gasteiger partial charge on any atom is 0.0543 e. The van der Waals surface area contributed by atoms with Gasteiger partial charge >= 0.3 is 0 Å². The molecule has 7 aromatic rings. The molecule has 0 unspecified atom stereocenters. The van der Waals surface area contributed by atoms with Crippen LogP contribution in [0.2, 0.25) is 0 Å². The molecule has 0 aromatic heterocycles. The summed E-state index contributed by atoms with van der Waals surface area (Å²) >= 11 is 0. The molecule has 300 valence electrons. The molecule has 7 aromatic carbocycles. The van der Waals surface area contributed by atoms with E-state index in [1.54, 1.807) is 0 Å². The highest BCUT2D eigenvalue weighted by atomic mass is 15.1. The number of fused-ring (bicyclic) bond motifs is 9. The molecule has 1 heteroatoms. The van der Waals surface area contributed by atoms with Crippen molar-refractivity contribution in [1.29, 1.82) is 0 Å². The Morgan fingerprint density at radius 1 is 0.350 bits per heavy atom. The maximum absolute atomic E-state index is 2.56. The van der Waals surface area contributed by atoms with E-state index in [-0.39, 0.29) is 27.1 Å². The summed E-state index contributed by atoms with van der Waals surface area (Å²) in [6.07, 6.45) is 0. The molecule has 1 nitrogen and oxygen atoms in total. The summed E-state index contributed by atoms with van der Waals surface area (Å²) in [6, 6.07) is 53.6. The molecule has 60 heavy (non-hydrogen) atoms. The van der Waals surface area contributed by atoms with Crippen molar-refractivity contribution in [2.24, 2.45) is 0 Å². The van der Waals surface area contributed by atoms with Crippen molar-refractivity contribution >= 4 is 17.1 Å². The number of nitrogens with zero attached hydrogens (tertiary/aromatic N) is 1. The summed E-state index contributed by atoms with van der Waals surface area (Å²) in [5.41, 5.74) is 25.2. The van der Waals surface area contributed by atoms with Crippen LogP contribution in [0.5, 0.6) is 0 Å². The Balaban J connectivity index is 1.20. The lowest BCUT2D eigenvalue weighted by Crippen LogP contribution is -2.24. The second-order valence-corrected chi connectivity index (χ2v) is 21.4. The van der Waals surface area contributed by atoms with Crippen molar-refractivity contribution in [3.63, 3.8) is 0 Å². The van der Waals surface area contributed by atoms with Crippen molar-refractivity contribution < 1.29 is 0 Å². The van der Waals surface area contributed by atoms with Gasteiger partial charge < -0.3 is 4.90 Å². The highest BCUT2D eigenvalue weighted by Gasteiger charge is 2.42. The number of anilines is 3. The molecule has 0 saturated carbocycles. The zero-order valence-electron chi connectivity index (χ0n) is 37.7. The normalized spacial score (nSPS) is 16.1. The number of hydrogen-bond donors (Lipinski definition) is 0. The molecular weight excluding hydrogens is 723 g/mol. The molecule has 0 saturated heterocycles. The van der Waals surface area contributed by atoms with E-state index in [1.807, 2.05) is 0 Å². The Hall–Kier alpha value is -5.66. The van der Waals surface area contributed by atoms with Gasteiger partial charge in [-0.15, -0.1) is 0 Å². The van der Waals surface area contributed by atoms with Crippen molar-refractivity contribution in [3.05, 3.63) is 184 Å². The summed E-state index contributed by atoms with van der Waals surface area (Å²) in [7, 11) is 0. The molecular formula is C59H59N. The summed E-state index contributed by atoms with van der Waals surface area (Å²) in [6.45, 7) is 28.6. The second-order valence-electron chi connectivity index (χ2n) is 21.4. The van der Waals surface area contributed by atoms with Gasteiger partial charge in [-0.1, -0.05) is 186 Å². The second kappa shape index (κ2) is 12.7. The Labute approximate surface area is 359 Å². The standard InChI is InChI=1S/C59H59N/c1-55(2,3)50-34-43-49(35-51(50)56(4,5)6)59(11,12)47-25-18-26-52(54(43)47)60(38-31-32-41-40-19-13-15-22-44(40)58(9,10)48(41)33-38)37-29-27-36(28-30-37)39-21-17-24-46-53(39)42-20-14-16-23-45(42)57(46,7)8/h13-35H,1-12H3. The van der Waals surface area contributed by atoms with E-state index in [9.17, 15) is 0 Å². The van der Waals surface area contributed by atoms with Gasteiger partial charge in [0.05, 0.1) is 5.69 Å². The third-order valence-corrected chi connectivity index (χ3v) is 14.5. The third kappa shape index (κ3) is 5.43. The summed E-state index contributed by atoms with van der Waals surface area (Å²) in [5, 5.41) is 0. The SMILES string of the molecule is CC(C)(C)c1cc2c(cc1C(C)(C)C)C(C)(C)c1cccc(N(c3ccc(-c4cccc5c4-c4ccccc4C5(C)C)cc3)c3ccc4c(c3)C(C)(C)c3ccccc3-4)c1-2. The van der Waals surface area contributed by atoms with E-state index < -0.39 is 0 Å². The van der Waals surface area contributed by atoms with E-state index in [1.165, 1.54) is 100 Å². The van der Waals surface area contributed by atoms with Crippen LogP contribution in [-0.2, 0) is 27.1 Å². The Kier molecular flexibility index (Phi) is 8.15. The summed E-state index contributed by atoms with van der Waals surface area (Å²) < 4.78 is 0. The van der Waals surface area contributed by atoms with Crippen LogP contribution < -0.4 is 4.90 Å². The van der Waals surface area contributed by atoms with Crippen LogP contribution >= 0.6 is 0 Å². The fourth-order valence-corrected chi connectivity index (χ4v) is 11.3. The molecule has 0 aliphatic heterocycles. The van der Waals surface area contributed by atoms with Crippen LogP contribution in [0.25, 0.3) is 44.5 Å². The number of hydrogen-bond acceptors (Lipinski definition) is 1. The lowest BCUT2D eigenvalue weighted by atomic mass is 9.72. The number of benzene rings is 7. The maximum atomic E-state index is 2.56. The van der Waals surface area contributed by atoms with Crippen LogP contribution in [-0.4, -0.2) is 0 Å². The first kappa shape index (κ1) is 38.5. The molecule has 0 spiro atoms. The summed E-state index contributed by atoms with van der Waals surface area (Å²) in [5.74, 6) is 0. The van der Waals surface area contributed by atoms with Gasteiger partial charge in [0.15, 0.2) is 0 Å². The quantitative estimate of drug-likeness (QED) is 0.172. The molecule has 0 N–H and O–H groups in total. The third-order valence-electron chi connectivity index (χ3n) is 14.5. The fraction of sp³-hybridized carbons (Fsp3) is 0.288. The minimum absolute atomic E-state index is 0.0110. The van der Waals surface area contributed by atoms with E-state index in [2.05, 4.69) is 228 Å². The largest absolute Gasteiger partial charge is 0.310 e. The van der Waals surface area contributed by atoms with Crippen LogP contribution in [0.15, 0.2) is 140 Å². The van der Waals surface area contributed by atoms with Crippen molar-refractivity contribution in [1.82, 2.24) is 0 Å². The van der Waals surface area contributed by atoms with E-state index in [0.717, 1.165) is 5.69 Å². The molecule has 0 amide bonds. The van der Waals surface area contributed by atoms with Gasteiger partial charge in [-0.3, -0.25) is 0 Å². The van der Waals surface area contributed by atoms with E-state index >= 15 is 0 Å². The summed E-state index contributed by atoms with van der Waals surface area (Å²) in [4.78, 5) is 2.55. The van der Waals surface area contributed by atoms with Gasteiger partial charge in [0.2, 0.25) is 0 Å². The number of rotatable bonds is 4. The Morgan fingerprint density at radius 3 is 1.48 bits per heavy atom. The van der Waals surface area contributed by atoms with Gasteiger partial charge in [0.25, 0.3) is 0 Å². The molecule has 0 radical (unpaired) electrons. The highest BCUT2D eigenvalue weighted by Crippen LogP contribution is 2.58. The van der Waals surface area contributed by atoms with Crippen LogP contribution in [0.3, 0.4) is 0 Å². The first-order valence-electron chi connectivity index (χ1n) is 22.0. The Morgan fingerprint density at radius 2 is 0.817 bits per heavy atom. The fourth-order valence-electron chi connectivity index (χ4n) is 11.3. The van der Waals surface area contributed by atoms with Crippen LogP contribution in [0.1, 0.15) is 128 Å². The van der Waals surface area contributed by atoms with E-state index in [4.69, 9.17) is 0 Å². The minimum atomic E-state index is -0.161. The van der Waals surface area contributed by atoms with Crippen molar-refractivity contribution in [2.75, 3.05) is 4.90 Å². The lowest BCUT2D eigenvalue weighted by molar-refractivity contribution is 0.527. The average Bonchev–Trinajstić information content (AvgIpc) is 3.70. The average molecular weight is 782 g/mol. The van der Waals surface area contributed by atoms with Crippen LogP contribution in [0.4, 0.5) is 17.1 Å². The molecule has 0 bridgehead atoms. The van der Waals surface area contributed by atoms with Gasteiger partial charge in [-0.05, 0) is 131 Å². The molecule has 0 fully saturated rings. The molecule has 0 heterocycles. The van der Waals surface area contributed by atoms with Crippen LogP contribution in [0, 0.1) is 0 Å². The highest BCUT2D eigenvalue weighted by molar-refractivity contribution is 5.97. The van der Waals surface area contributed by atoms with Crippen molar-refractivity contribution in [3.8, 4) is 44.5 Å². The zero-order chi connectivity index (χ0) is 42.3. The zero-order valence-corrected chi connectivity index (χ0v) is 37.7. The smallest absolute Gasteiger partial charge is 0.0543 e. The molecule has 3 aliphatic rings. The Bertz CT molecular complexity index is 2900.